The van der Waals surface area contributed by atoms with Crippen molar-refractivity contribution in [2.45, 2.75) is 111 Å². The molecule has 0 spiro atoms. The van der Waals surface area contributed by atoms with Crippen LogP contribution in [0, 0.1) is 0 Å². The molecular weight excluding hydrogens is 641 g/mol. The van der Waals surface area contributed by atoms with E-state index in [0.29, 0.717) is 25.3 Å². The molecule has 2 fully saturated rings. The Morgan fingerprint density at radius 1 is 0.614 bits per heavy atom. The first kappa shape index (κ1) is 36.6. The van der Waals surface area contributed by atoms with Crippen molar-refractivity contribution in [3.8, 4) is 0 Å². The lowest BCUT2D eigenvalue weighted by molar-refractivity contribution is -0.122. The summed E-state index contributed by atoms with van der Waals surface area (Å²) in [5.41, 5.74) is 0. The van der Waals surface area contributed by atoms with E-state index < -0.39 is 33.6 Å². The summed E-state index contributed by atoms with van der Waals surface area (Å²) in [6, 6.07) is -1.10. The minimum Gasteiger partial charge on any atom is -0.354 e. The monoisotopic (exact) mass is 686 g/mol. The number of thioether (sulfide) groups is 4. The molecular formula is C28H46N8O4S4. The number of unbranched alkanes of at least 4 members (excludes halogenated alkanes) is 4. The van der Waals surface area contributed by atoms with Crippen molar-refractivity contribution in [2.75, 3.05) is 34.9 Å². The van der Waals surface area contributed by atoms with E-state index in [-0.39, 0.29) is 10.3 Å². The number of hydrogen-bond acceptors (Lipinski definition) is 12. The van der Waals surface area contributed by atoms with Gasteiger partial charge in [-0.15, -0.1) is 0 Å². The highest BCUT2D eigenvalue weighted by Crippen LogP contribution is 2.39. The van der Waals surface area contributed by atoms with Gasteiger partial charge in [-0.1, -0.05) is 33.6 Å². The van der Waals surface area contributed by atoms with E-state index in [4.69, 9.17) is 0 Å². The van der Waals surface area contributed by atoms with Gasteiger partial charge in [-0.2, -0.15) is 38.5 Å². The fourth-order valence-electron chi connectivity index (χ4n) is 4.46. The summed E-state index contributed by atoms with van der Waals surface area (Å²) in [6.45, 7) is 6.96. The molecule has 2 unspecified atom stereocenters. The van der Waals surface area contributed by atoms with Gasteiger partial charge in [0.1, 0.15) is 0 Å². The normalized spacial score (nSPS) is 21.2. The quantitative estimate of drug-likeness (QED) is 0.0740. The second-order valence-electron chi connectivity index (χ2n) is 10.7. The van der Waals surface area contributed by atoms with Crippen molar-refractivity contribution in [3.05, 3.63) is 0 Å². The Labute approximate surface area is 277 Å². The number of carbonyl (C=O) groups excluding carboxylic acids is 4. The van der Waals surface area contributed by atoms with Crippen molar-refractivity contribution in [1.29, 1.82) is 0 Å². The van der Waals surface area contributed by atoms with Crippen molar-refractivity contribution < 1.29 is 19.2 Å². The number of aromatic nitrogens is 3. The van der Waals surface area contributed by atoms with Crippen LogP contribution in [0.5, 0.6) is 0 Å². The number of rotatable bonds is 23. The van der Waals surface area contributed by atoms with Gasteiger partial charge in [-0.05, 0) is 104 Å². The second kappa shape index (κ2) is 18.9. The van der Waals surface area contributed by atoms with Crippen molar-refractivity contribution >= 4 is 76.9 Å². The van der Waals surface area contributed by atoms with Gasteiger partial charge in [-0.3, -0.25) is 20.2 Å². The molecule has 2 saturated heterocycles. The van der Waals surface area contributed by atoms with Crippen LogP contribution in [0.4, 0.5) is 15.5 Å². The summed E-state index contributed by atoms with van der Waals surface area (Å²) < 4.78 is 0. The number of hydrogen-bond donors (Lipinski definition) is 5. The van der Waals surface area contributed by atoms with Gasteiger partial charge in [0.05, 0.1) is 0 Å². The predicted molar refractivity (Wildman–Crippen MR) is 181 cm³/mol. The molecule has 0 radical (unpaired) electrons. The van der Waals surface area contributed by atoms with Gasteiger partial charge in [0.15, 0.2) is 20.1 Å². The maximum atomic E-state index is 13.1. The van der Waals surface area contributed by atoms with Crippen molar-refractivity contribution in [1.82, 2.24) is 36.2 Å². The zero-order valence-corrected chi connectivity index (χ0v) is 29.2. The zero-order valence-electron chi connectivity index (χ0n) is 25.9. The van der Waals surface area contributed by atoms with Gasteiger partial charge in [-0.25, -0.2) is 9.59 Å². The Bertz CT molecular complexity index is 1050. The molecule has 1 aromatic heterocycles. The summed E-state index contributed by atoms with van der Waals surface area (Å²) in [5, 5.41) is 14.0. The van der Waals surface area contributed by atoms with E-state index in [0.717, 1.165) is 91.5 Å². The van der Waals surface area contributed by atoms with Crippen LogP contribution in [0.15, 0.2) is 10.3 Å². The molecule has 1 aromatic rings. The Morgan fingerprint density at radius 2 is 1.07 bits per heavy atom. The van der Waals surface area contributed by atoms with Crippen LogP contribution >= 0.6 is 47.0 Å². The first-order valence-electron chi connectivity index (χ1n) is 15.6. The van der Waals surface area contributed by atoms with E-state index in [2.05, 4.69) is 55.4 Å². The smallest absolute Gasteiger partial charge is 0.323 e. The highest BCUT2D eigenvalue weighted by Gasteiger charge is 2.49. The fraction of sp³-hybridized carbons (Fsp3) is 0.750. The number of carbonyl (C=O) groups is 4. The van der Waals surface area contributed by atoms with Gasteiger partial charge in [0.25, 0.3) is 11.8 Å². The molecule has 2 atom stereocenters. The lowest BCUT2D eigenvalue weighted by atomic mass is 10.1. The third-order valence-corrected chi connectivity index (χ3v) is 11.6. The fourth-order valence-corrected chi connectivity index (χ4v) is 8.95. The van der Waals surface area contributed by atoms with Gasteiger partial charge in [0, 0.05) is 6.54 Å². The molecule has 0 aromatic carbocycles. The standard InChI is InChI=1S/C28H46N8O4S4/c1-4-7-16-41-18-11-9-13-27(20(37)30-23(39)35-27)43-25-32-22(29-15-6-3)33-26(34-25)44-28(21(38)31-24(40)36-28)14-10-12-19-42-17-8-5-2/h4-19H2,1-3H3,(H,29,32,33,34)(H2,30,35,37,39)(H2,31,36,38,40). The number of anilines is 1. The van der Waals surface area contributed by atoms with Gasteiger partial charge in [0.2, 0.25) is 5.95 Å². The molecule has 3 rings (SSSR count). The van der Waals surface area contributed by atoms with Crippen LogP contribution in [0.2, 0.25) is 0 Å². The Balaban J connectivity index is 1.78. The van der Waals surface area contributed by atoms with Gasteiger partial charge < -0.3 is 16.0 Å². The number of nitrogens with zero attached hydrogens (tertiary/aromatic N) is 3. The molecule has 16 heteroatoms. The average molecular weight is 687 g/mol. The molecule has 246 valence electrons. The van der Waals surface area contributed by atoms with Crippen molar-refractivity contribution in [3.63, 3.8) is 0 Å². The molecule has 2 aliphatic heterocycles. The molecule has 5 N–H and O–H groups in total. The second-order valence-corrected chi connectivity index (χ2v) is 15.7. The first-order valence-corrected chi connectivity index (χ1v) is 19.5. The van der Waals surface area contributed by atoms with E-state index in [9.17, 15) is 19.2 Å². The zero-order chi connectivity index (χ0) is 31.8. The number of nitrogens with one attached hydrogen (secondary N) is 5. The lowest BCUT2D eigenvalue weighted by Crippen LogP contribution is -2.44. The molecule has 0 aliphatic carbocycles. The average Bonchev–Trinajstić information content (AvgIpc) is 3.42. The van der Waals surface area contributed by atoms with Crippen LogP contribution in [-0.2, 0) is 9.59 Å². The third kappa shape index (κ3) is 11.2. The lowest BCUT2D eigenvalue weighted by Gasteiger charge is -2.26. The first-order chi connectivity index (χ1) is 21.3. The summed E-state index contributed by atoms with van der Waals surface area (Å²) >= 11 is 5.95. The SMILES string of the molecule is CCCCSCCCCC1(Sc2nc(NCCC)nc(SC3(CCCCSCCCC)NC(=O)NC3=O)n2)NC(=O)NC1=O. The van der Waals surface area contributed by atoms with Crippen LogP contribution in [-0.4, -0.2) is 78.1 Å². The van der Waals surface area contributed by atoms with E-state index >= 15 is 0 Å². The summed E-state index contributed by atoms with van der Waals surface area (Å²) in [5.74, 6) is 3.64. The van der Waals surface area contributed by atoms with E-state index in [1.807, 2.05) is 30.4 Å². The van der Waals surface area contributed by atoms with Crippen LogP contribution in [0.25, 0.3) is 0 Å². The Morgan fingerprint density at radius 3 is 1.45 bits per heavy atom. The maximum absolute atomic E-state index is 13.1. The van der Waals surface area contributed by atoms with E-state index in [1.54, 1.807) is 0 Å². The number of urea groups is 2. The molecule has 6 amide bonds. The summed E-state index contributed by atoms with van der Waals surface area (Å²) in [4.78, 5) is 61.9. The highest BCUT2D eigenvalue weighted by molar-refractivity contribution is 8.02. The highest BCUT2D eigenvalue weighted by atomic mass is 32.2. The third-order valence-electron chi connectivity index (χ3n) is 6.90. The molecule has 12 nitrogen and oxygen atoms in total. The van der Waals surface area contributed by atoms with Gasteiger partial charge >= 0.3 is 12.1 Å². The Hall–Kier alpha value is -1.91. The minimum atomic E-state index is -1.26. The van der Waals surface area contributed by atoms with E-state index in [1.165, 1.54) is 12.8 Å². The van der Waals surface area contributed by atoms with Crippen LogP contribution in [0.3, 0.4) is 0 Å². The summed E-state index contributed by atoms with van der Waals surface area (Å²) in [7, 11) is 0. The molecule has 3 heterocycles. The van der Waals surface area contributed by atoms with Crippen LogP contribution < -0.4 is 26.6 Å². The predicted octanol–water partition coefficient (Wildman–Crippen LogP) is 5.36. The number of imide groups is 2. The Kier molecular flexibility index (Phi) is 15.7. The largest absolute Gasteiger partial charge is 0.354 e. The number of amides is 6. The minimum absolute atomic E-state index is 0.239. The molecule has 0 bridgehead atoms. The maximum Gasteiger partial charge on any atom is 0.323 e. The van der Waals surface area contributed by atoms with Crippen LogP contribution in [0.1, 0.15) is 91.4 Å². The summed E-state index contributed by atoms with van der Waals surface area (Å²) in [6.07, 6.45) is 9.64. The molecule has 2 aliphatic rings. The molecule has 44 heavy (non-hydrogen) atoms. The molecule has 0 saturated carbocycles. The topological polar surface area (TPSA) is 167 Å². The van der Waals surface area contributed by atoms with Crippen molar-refractivity contribution in [2.24, 2.45) is 0 Å².